The first-order valence-corrected chi connectivity index (χ1v) is 11.4. The third-order valence-electron chi connectivity index (χ3n) is 7.79. The van der Waals surface area contributed by atoms with Crippen LogP contribution in [0.2, 0.25) is 0 Å². The molecule has 1 unspecified atom stereocenters. The summed E-state index contributed by atoms with van der Waals surface area (Å²) >= 11 is 0. The summed E-state index contributed by atoms with van der Waals surface area (Å²) in [4.78, 5) is 43.4. The zero-order chi connectivity index (χ0) is 22.7. The standard InChI is InChI=1S/C24H28N4O4/c1-13(22(29)28-18(10-25)7-17-8-20(17)28)11-26-12-19-9-21(26)23(30)27(19)14(2)15-4-3-5-16(6-15)24(31)32/h3-6,13-14,17-21H,7-9,11-12H2,1-2H3,(H,31,32)/t13-,14+,17+,18-,19+,20?,21+/m0/s1. The molecule has 1 aromatic rings. The van der Waals surface area contributed by atoms with E-state index in [1.165, 1.54) is 0 Å². The molecule has 32 heavy (non-hydrogen) atoms. The van der Waals surface area contributed by atoms with Crippen molar-refractivity contribution in [3.63, 3.8) is 0 Å². The van der Waals surface area contributed by atoms with Crippen molar-refractivity contribution in [2.24, 2.45) is 11.8 Å². The number of piperazine rings is 1. The summed E-state index contributed by atoms with van der Waals surface area (Å²) in [6.07, 6.45) is 2.54. The Hall–Kier alpha value is -2.92. The number of carboxylic acids is 1. The van der Waals surface area contributed by atoms with Gasteiger partial charge in [-0.15, -0.1) is 0 Å². The van der Waals surface area contributed by atoms with E-state index in [1.54, 1.807) is 23.1 Å². The van der Waals surface area contributed by atoms with Crippen molar-refractivity contribution in [2.75, 3.05) is 13.1 Å². The zero-order valence-corrected chi connectivity index (χ0v) is 18.3. The topological polar surface area (TPSA) is 105 Å². The number of carbonyl (C=O) groups is 3. The second-order valence-corrected chi connectivity index (χ2v) is 9.80. The average molecular weight is 437 g/mol. The number of nitriles is 1. The van der Waals surface area contributed by atoms with E-state index in [0.717, 1.165) is 24.8 Å². The molecule has 0 aromatic heterocycles. The average Bonchev–Trinajstić information content (AvgIpc) is 3.11. The largest absolute Gasteiger partial charge is 0.478 e. The first-order chi connectivity index (χ1) is 15.3. The summed E-state index contributed by atoms with van der Waals surface area (Å²) in [7, 11) is 0. The van der Waals surface area contributed by atoms with Gasteiger partial charge in [-0.25, -0.2) is 4.79 Å². The lowest BCUT2D eigenvalue weighted by atomic mass is 10.0. The van der Waals surface area contributed by atoms with E-state index in [0.29, 0.717) is 19.0 Å². The first kappa shape index (κ1) is 21.0. The molecule has 1 N–H and O–H groups in total. The molecule has 2 bridgehead atoms. The number of hydrogen-bond acceptors (Lipinski definition) is 5. The Balaban J connectivity index is 1.24. The van der Waals surface area contributed by atoms with Crippen LogP contribution in [0.15, 0.2) is 24.3 Å². The lowest BCUT2D eigenvalue weighted by Crippen LogP contribution is -2.53. The molecule has 1 aliphatic carbocycles. The third kappa shape index (κ3) is 3.27. The summed E-state index contributed by atoms with van der Waals surface area (Å²) < 4.78 is 0. The number of hydrogen-bond donors (Lipinski definition) is 1. The molecule has 7 atom stereocenters. The normalized spacial score (nSPS) is 32.5. The van der Waals surface area contributed by atoms with Crippen LogP contribution in [0.25, 0.3) is 0 Å². The molecule has 0 spiro atoms. The molecule has 1 saturated carbocycles. The van der Waals surface area contributed by atoms with Crippen LogP contribution in [0, 0.1) is 23.2 Å². The molecule has 0 radical (unpaired) electrons. The van der Waals surface area contributed by atoms with E-state index in [1.807, 2.05) is 24.8 Å². The predicted octanol–water partition coefficient (Wildman–Crippen LogP) is 1.88. The van der Waals surface area contributed by atoms with Crippen LogP contribution in [-0.2, 0) is 9.59 Å². The monoisotopic (exact) mass is 436 g/mol. The lowest BCUT2D eigenvalue weighted by molar-refractivity contribution is -0.142. The van der Waals surface area contributed by atoms with E-state index in [4.69, 9.17) is 0 Å². The number of carbonyl (C=O) groups excluding carboxylic acids is 2. The number of rotatable bonds is 6. The number of piperidine rings is 1. The SMILES string of the molecule is C[C@H](c1cccc(C(=O)O)c1)N1C(=O)[C@H]2C[C@@H]1CN2C[C@H](C)C(=O)N1C2C[C@H]2C[C@H]1C#N. The Morgan fingerprint density at radius 2 is 2.03 bits per heavy atom. The van der Waals surface area contributed by atoms with Gasteiger partial charge in [0.2, 0.25) is 11.8 Å². The molecule has 3 aliphatic heterocycles. The van der Waals surface area contributed by atoms with E-state index in [9.17, 15) is 24.8 Å². The van der Waals surface area contributed by atoms with Gasteiger partial charge in [-0.05, 0) is 49.8 Å². The molecule has 1 aromatic carbocycles. The van der Waals surface area contributed by atoms with Gasteiger partial charge in [0.1, 0.15) is 6.04 Å². The van der Waals surface area contributed by atoms with Crippen LogP contribution in [0.1, 0.15) is 55.1 Å². The maximum Gasteiger partial charge on any atom is 0.335 e. The number of nitrogens with zero attached hydrogens (tertiary/aromatic N) is 4. The maximum absolute atomic E-state index is 13.2. The van der Waals surface area contributed by atoms with Crippen molar-refractivity contribution in [3.05, 3.63) is 35.4 Å². The summed E-state index contributed by atoms with van der Waals surface area (Å²) in [5.74, 6) is -0.655. The van der Waals surface area contributed by atoms with Gasteiger partial charge in [0.05, 0.1) is 23.7 Å². The van der Waals surface area contributed by atoms with Crippen molar-refractivity contribution in [2.45, 2.75) is 63.3 Å². The van der Waals surface area contributed by atoms with E-state index < -0.39 is 5.97 Å². The fourth-order valence-electron chi connectivity index (χ4n) is 6.06. The zero-order valence-electron chi connectivity index (χ0n) is 18.3. The molecular formula is C24H28N4O4. The highest BCUT2D eigenvalue weighted by Gasteiger charge is 2.55. The lowest BCUT2D eigenvalue weighted by Gasteiger charge is -2.38. The molecule has 8 heteroatoms. The second kappa shape index (κ2) is 7.59. The van der Waals surface area contributed by atoms with E-state index >= 15 is 0 Å². The van der Waals surface area contributed by atoms with Crippen molar-refractivity contribution < 1.29 is 19.5 Å². The fourth-order valence-corrected chi connectivity index (χ4v) is 6.06. The van der Waals surface area contributed by atoms with Crippen LogP contribution in [0.4, 0.5) is 0 Å². The van der Waals surface area contributed by atoms with Gasteiger partial charge in [-0.3, -0.25) is 14.5 Å². The van der Waals surface area contributed by atoms with Crippen LogP contribution < -0.4 is 0 Å². The Bertz CT molecular complexity index is 1020. The summed E-state index contributed by atoms with van der Waals surface area (Å²) in [6.45, 7) is 5.08. The quantitative estimate of drug-likeness (QED) is 0.730. The third-order valence-corrected chi connectivity index (χ3v) is 7.79. The van der Waals surface area contributed by atoms with Gasteiger partial charge in [0.15, 0.2) is 0 Å². The molecule has 168 valence electrons. The molecule has 3 saturated heterocycles. The Morgan fingerprint density at radius 3 is 2.72 bits per heavy atom. The molecule has 8 nitrogen and oxygen atoms in total. The molecule has 2 amide bonds. The highest BCUT2D eigenvalue weighted by Crippen LogP contribution is 2.48. The summed E-state index contributed by atoms with van der Waals surface area (Å²) in [5.41, 5.74) is 1.03. The molecule has 4 fully saturated rings. The highest BCUT2D eigenvalue weighted by atomic mass is 16.4. The summed E-state index contributed by atoms with van der Waals surface area (Å²) in [6, 6.07) is 8.60. The highest BCUT2D eigenvalue weighted by molar-refractivity contribution is 5.88. The number of benzene rings is 1. The van der Waals surface area contributed by atoms with E-state index in [2.05, 4.69) is 11.0 Å². The fraction of sp³-hybridized carbons (Fsp3) is 0.583. The van der Waals surface area contributed by atoms with Crippen LogP contribution in [-0.4, -0.2) is 74.8 Å². The van der Waals surface area contributed by atoms with Crippen molar-refractivity contribution >= 4 is 17.8 Å². The number of likely N-dealkylation sites (tertiary alicyclic amines) is 3. The van der Waals surface area contributed by atoms with Crippen molar-refractivity contribution in [3.8, 4) is 6.07 Å². The van der Waals surface area contributed by atoms with Gasteiger partial charge >= 0.3 is 5.97 Å². The van der Waals surface area contributed by atoms with E-state index in [-0.39, 0.29) is 53.5 Å². The molecule has 4 aliphatic rings. The van der Waals surface area contributed by atoms with Gasteiger partial charge in [0.25, 0.3) is 0 Å². The van der Waals surface area contributed by atoms with Gasteiger partial charge in [-0.2, -0.15) is 5.26 Å². The number of aromatic carboxylic acids is 1. The minimum Gasteiger partial charge on any atom is -0.478 e. The first-order valence-electron chi connectivity index (χ1n) is 11.4. The van der Waals surface area contributed by atoms with Crippen LogP contribution in [0.3, 0.4) is 0 Å². The molecular weight excluding hydrogens is 408 g/mol. The Morgan fingerprint density at radius 1 is 1.25 bits per heavy atom. The smallest absolute Gasteiger partial charge is 0.335 e. The number of amides is 2. The minimum absolute atomic E-state index is 0.0347. The van der Waals surface area contributed by atoms with Gasteiger partial charge < -0.3 is 14.9 Å². The van der Waals surface area contributed by atoms with Gasteiger partial charge in [-0.1, -0.05) is 19.1 Å². The van der Waals surface area contributed by atoms with Crippen LogP contribution in [0.5, 0.6) is 0 Å². The maximum atomic E-state index is 13.2. The van der Waals surface area contributed by atoms with Crippen molar-refractivity contribution in [1.82, 2.24) is 14.7 Å². The summed E-state index contributed by atoms with van der Waals surface area (Å²) in [5, 5.41) is 18.7. The van der Waals surface area contributed by atoms with Gasteiger partial charge in [0, 0.05) is 31.1 Å². The van der Waals surface area contributed by atoms with Crippen LogP contribution >= 0.6 is 0 Å². The Kier molecular flexibility index (Phi) is 4.97. The van der Waals surface area contributed by atoms with Crippen molar-refractivity contribution in [1.29, 1.82) is 5.26 Å². The molecule has 5 rings (SSSR count). The number of carboxylic acid groups (broad SMARTS) is 1. The Labute approximate surface area is 187 Å². The number of fused-ring (bicyclic) bond motifs is 3. The molecule has 3 heterocycles. The minimum atomic E-state index is -0.979. The second-order valence-electron chi connectivity index (χ2n) is 9.80. The predicted molar refractivity (Wildman–Crippen MR) is 114 cm³/mol.